The van der Waals surface area contributed by atoms with Gasteiger partial charge < -0.3 is 25.8 Å². The van der Waals surface area contributed by atoms with E-state index in [1.807, 2.05) is 36.4 Å². The highest BCUT2D eigenvalue weighted by Gasteiger charge is 2.16. The molecule has 0 bridgehead atoms. The first-order chi connectivity index (χ1) is 17.6. The van der Waals surface area contributed by atoms with E-state index in [-0.39, 0.29) is 6.03 Å². The van der Waals surface area contributed by atoms with Crippen molar-refractivity contribution in [3.8, 4) is 16.9 Å². The van der Waals surface area contributed by atoms with Gasteiger partial charge in [-0.2, -0.15) is 5.10 Å². The maximum atomic E-state index is 12.3. The fourth-order valence-electron chi connectivity index (χ4n) is 4.20. The third kappa shape index (κ3) is 5.54. The summed E-state index contributed by atoms with van der Waals surface area (Å²) in [5.41, 5.74) is 10.1. The maximum absolute atomic E-state index is 12.3. The van der Waals surface area contributed by atoms with Crippen LogP contribution in [0.2, 0.25) is 5.02 Å². The zero-order chi connectivity index (χ0) is 24.9. The second-order valence-corrected chi connectivity index (χ2v) is 8.88. The number of amides is 2. The van der Waals surface area contributed by atoms with Gasteiger partial charge in [0.2, 0.25) is 0 Å². The molecule has 1 fully saturated rings. The molecule has 0 spiro atoms. The number of nitrogens with zero attached hydrogens (tertiary/aromatic N) is 2. The van der Waals surface area contributed by atoms with E-state index in [0.717, 1.165) is 54.9 Å². The van der Waals surface area contributed by atoms with Crippen LogP contribution >= 0.6 is 11.6 Å². The average Bonchev–Trinajstić information content (AvgIpc) is 3.27. The molecule has 9 nitrogen and oxygen atoms in total. The summed E-state index contributed by atoms with van der Waals surface area (Å²) in [7, 11) is 0. The number of benzene rings is 3. The van der Waals surface area contributed by atoms with Crippen molar-refractivity contribution < 1.29 is 14.3 Å². The zero-order valence-corrected chi connectivity index (χ0v) is 20.3. The molecule has 1 aliphatic heterocycles. The summed E-state index contributed by atoms with van der Waals surface area (Å²) in [5.74, 6) is 1.11. The number of nitrogen functional groups attached to an aromatic ring is 1. The number of aromatic nitrogens is 2. The second kappa shape index (κ2) is 10.9. The Morgan fingerprint density at radius 2 is 1.86 bits per heavy atom. The number of nitrogens with one attached hydrogen (secondary N) is 3. The van der Waals surface area contributed by atoms with Crippen LogP contribution in [0.25, 0.3) is 22.0 Å². The van der Waals surface area contributed by atoms with Gasteiger partial charge in [-0.25, -0.2) is 4.79 Å². The minimum Gasteiger partial charge on any atom is -0.490 e. The zero-order valence-electron chi connectivity index (χ0n) is 19.6. The van der Waals surface area contributed by atoms with Crippen molar-refractivity contribution in [2.45, 2.75) is 0 Å². The lowest BCUT2D eigenvalue weighted by Crippen LogP contribution is -2.38. The van der Waals surface area contributed by atoms with Crippen LogP contribution in [0.3, 0.4) is 0 Å². The molecule has 2 amide bonds. The van der Waals surface area contributed by atoms with Crippen molar-refractivity contribution in [2.75, 3.05) is 55.8 Å². The Labute approximate surface area is 213 Å². The Bertz CT molecular complexity index is 1350. The summed E-state index contributed by atoms with van der Waals surface area (Å²) < 4.78 is 11.5. The van der Waals surface area contributed by atoms with Gasteiger partial charge in [0, 0.05) is 36.0 Å². The summed E-state index contributed by atoms with van der Waals surface area (Å²) in [5, 5.41) is 14.2. The van der Waals surface area contributed by atoms with Crippen molar-refractivity contribution in [3.05, 3.63) is 65.7 Å². The van der Waals surface area contributed by atoms with Gasteiger partial charge in [0.15, 0.2) is 5.82 Å². The van der Waals surface area contributed by atoms with Crippen LogP contribution in [0.4, 0.5) is 22.0 Å². The van der Waals surface area contributed by atoms with E-state index in [0.29, 0.717) is 34.6 Å². The van der Waals surface area contributed by atoms with Crippen LogP contribution in [0, 0.1) is 0 Å². The maximum Gasteiger partial charge on any atom is 0.323 e. The number of morpholine rings is 1. The van der Waals surface area contributed by atoms with Crippen molar-refractivity contribution in [1.82, 2.24) is 15.1 Å². The molecule has 4 aromatic rings. The molecule has 0 aliphatic carbocycles. The van der Waals surface area contributed by atoms with Crippen LogP contribution in [0.5, 0.6) is 5.75 Å². The highest BCUT2D eigenvalue weighted by atomic mass is 35.5. The Morgan fingerprint density at radius 3 is 2.64 bits per heavy atom. The Kier molecular flexibility index (Phi) is 7.22. The van der Waals surface area contributed by atoms with E-state index in [1.54, 1.807) is 24.3 Å². The Hall–Kier alpha value is -3.79. The predicted molar refractivity (Wildman–Crippen MR) is 143 cm³/mol. The van der Waals surface area contributed by atoms with Gasteiger partial charge in [0.25, 0.3) is 0 Å². The number of hydrogen-bond acceptors (Lipinski definition) is 6. The lowest BCUT2D eigenvalue weighted by atomic mass is 10.0. The van der Waals surface area contributed by atoms with Crippen molar-refractivity contribution >= 4 is 45.7 Å². The van der Waals surface area contributed by atoms with E-state index < -0.39 is 0 Å². The average molecular weight is 507 g/mol. The molecule has 186 valence electrons. The van der Waals surface area contributed by atoms with Crippen molar-refractivity contribution in [2.24, 2.45) is 0 Å². The summed E-state index contributed by atoms with van der Waals surface area (Å²) in [6, 6.07) is 18.0. The molecule has 0 unspecified atom stereocenters. The molecule has 5 rings (SSSR count). The third-order valence-electron chi connectivity index (χ3n) is 6.02. The SMILES string of the molecule is Nc1n[nH]c2c(OCCN3CCOCC3)ccc(-c3ccc(NC(=O)Nc4cccc(Cl)c4)cc3)c12. The van der Waals surface area contributed by atoms with Gasteiger partial charge in [-0.15, -0.1) is 0 Å². The van der Waals surface area contributed by atoms with Gasteiger partial charge in [-0.05, 0) is 53.6 Å². The van der Waals surface area contributed by atoms with Crippen LogP contribution in [0.15, 0.2) is 60.7 Å². The smallest absolute Gasteiger partial charge is 0.323 e. The van der Waals surface area contributed by atoms with Crippen LogP contribution in [0.1, 0.15) is 0 Å². The van der Waals surface area contributed by atoms with Crippen LogP contribution in [-0.2, 0) is 4.74 Å². The number of aromatic amines is 1. The molecule has 36 heavy (non-hydrogen) atoms. The number of anilines is 3. The van der Waals surface area contributed by atoms with Gasteiger partial charge >= 0.3 is 6.03 Å². The topological polar surface area (TPSA) is 118 Å². The summed E-state index contributed by atoms with van der Waals surface area (Å²) >= 11 is 5.97. The first-order valence-corrected chi connectivity index (χ1v) is 12.1. The lowest BCUT2D eigenvalue weighted by Gasteiger charge is -2.26. The van der Waals surface area contributed by atoms with Gasteiger partial charge in [-0.1, -0.05) is 29.8 Å². The van der Waals surface area contributed by atoms with Gasteiger partial charge in [0.1, 0.15) is 17.9 Å². The van der Waals surface area contributed by atoms with E-state index >= 15 is 0 Å². The van der Waals surface area contributed by atoms with Crippen molar-refractivity contribution in [3.63, 3.8) is 0 Å². The Morgan fingerprint density at radius 1 is 1.08 bits per heavy atom. The monoisotopic (exact) mass is 506 g/mol. The molecular formula is C26H27ClN6O3. The summed E-state index contributed by atoms with van der Waals surface area (Å²) in [6.45, 7) is 4.75. The molecule has 1 aliphatic rings. The number of fused-ring (bicyclic) bond motifs is 1. The number of nitrogens with two attached hydrogens (primary N) is 1. The fourth-order valence-corrected chi connectivity index (χ4v) is 4.39. The largest absolute Gasteiger partial charge is 0.490 e. The molecule has 2 heterocycles. The van der Waals surface area contributed by atoms with Crippen LogP contribution < -0.4 is 21.1 Å². The normalized spacial score (nSPS) is 14.0. The number of ether oxygens (including phenoxy) is 2. The number of halogens is 1. The number of carbonyl (C=O) groups is 1. The first kappa shape index (κ1) is 23.9. The molecular weight excluding hydrogens is 480 g/mol. The lowest BCUT2D eigenvalue weighted by molar-refractivity contribution is 0.0323. The molecule has 1 aromatic heterocycles. The van der Waals surface area contributed by atoms with Gasteiger partial charge in [0.05, 0.1) is 18.6 Å². The standard InChI is InChI=1S/C26H27ClN6O3/c27-18-2-1-3-20(16-18)30-26(34)29-19-6-4-17(5-7-19)21-8-9-22(24-23(21)25(28)32-31-24)36-15-12-33-10-13-35-14-11-33/h1-9,16H,10-15H2,(H3,28,31,32)(H2,29,30,34). The molecule has 3 aromatic carbocycles. The number of H-pyrrole nitrogens is 1. The quantitative estimate of drug-likeness (QED) is 0.285. The second-order valence-electron chi connectivity index (χ2n) is 8.44. The van der Waals surface area contributed by atoms with E-state index in [4.69, 9.17) is 26.8 Å². The minimum absolute atomic E-state index is 0.356. The number of hydrogen-bond donors (Lipinski definition) is 4. The number of carbonyl (C=O) groups excluding carboxylic acids is 1. The molecule has 0 radical (unpaired) electrons. The van der Waals surface area contributed by atoms with E-state index in [1.165, 1.54) is 0 Å². The van der Waals surface area contributed by atoms with E-state index in [9.17, 15) is 4.79 Å². The first-order valence-electron chi connectivity index (χ1n) is 11.7. The number of rotatable bonds is 7. The van der Waals surface area contributed by atoms with E-state index in [2.05, 4.69) is 25.7 Å². The third-order valence-corrected chi connectivity index (χ3v) is 6.25. The van der Waals surface area contributed by atoms with Gasteiger partial charge in [-0.3, -0.25) is 10.00 Å². The molecule has 10 heteroatoms. The summed E-state index contributed by atoms with van der Waals surface area (Å²) in [6.07, 6.45) is 0. The van der Waals surface area contributed by atoms with Crippen molar-refractivity contribution in [1.29, 1.82) is 0 Å². The molecule has 0 saturated carbocycles. The molecule has 1 saturated heterocycles. The Balaban J connectivity index is 1.27. The number of urea groups is 1. The highest BCUT2D eigenvalue weighted by Crippen LogP contribution is 2.36. The predicted octanol–water partition coefficient (Wildman–Crippen LogP) is 4.82. The summed E-state index contributed by atoms with van der Waals surface area (Å²) in [4.78, 5) is 14.7. The molecule has 0 atom stereocenters. The molecule has 5 N–H and O–H groups in total. The van der Waals surface area contributed by atoms with Crippen LogP contribution in [-0.4, -0.2) is 60.6 Å². The highest BCUT2D eigenvalue weighted by molar-refractivity contribution is 6.30. The fraction of sp³-hybridized carbons (Fsp3) is 0.231. The minimum atomic E-state index is -0.356.